The lowest BCUT2D eigenvalue weighted by atomic mass is 10.2. The van der Waals surface area contributed by atoms with Gasteiger partial charge in [0.25, 0.3) is 0 Å². The Labute approximate surface area is 124 Å². The summed E-state index contributed by atoms with van der Waals surface area (Å²) in [6, 6.07) is 7.71. The summed E-state index contributed by atoms with van der Waals surface area (Å²) >= 11 is 6.21. The Bertz CT molecular complexity index is 604. The van der Waals surface area contributed by atoms with Gasteiger partial charge >= 0.3 is 0 Å². The Hall–Kier alpha value is -1.61. The molecule has 0 aliphatic rings. The molecule has 0 amide bonds. The van der Waals surface area contributed by atoms with Crippen molar-refractivity contribution in [1.82, 2.24) is 9.55 Å². The monoisotopic (exact) mass is 290 g/mol. The average molecular weight is 291 g/mol. The van der Waals surface area contributed by atoms with E-state index in [0.29, 0.717) is 12.2 Å². The van der Waals surface area contributed by atoms with Gasteiger partial charge in [-0.3, -0.25) is 4.79 Å². The van der Waals surface area contributed by atoms with Crippen molar-refractivity contribution in [2.24, 2.45) is 0 Å². The third-order valence-electron chi connectivity index (χ3n) is 3.34. The van der Waals surface area contributed by atoms with Crippen LogP contribution in [0.4, 0.5) is 0 Å². The molecule has 4 heteroatoms. The number of rotatable bonds is 6. The van der Waals surface area contributed by atoms with Crippen LogP contribution in [0.15, 0.2) is 30.5 Å². The molecular weight excluding hydrogens is 272 g/mol. The maximum absolute atomic E-state index is 11.7. The van der Waals surface area contributed by atoms with Crippen LogP contribution in [-0.2, 0) is 13.0 Å². The minimum absolute atomic E-state index is 0.0345. The highest BCUT2D eigenvalue weighted by atomic mass is 35.5. The standard InChI is InChI=1S/C16H19ClN2O/c1-3-4-9-16-18-10-15(12(2)20)19(16)11-13-7-5-6-8-14(13)17/h5-8,10H,3-4,9,11H2,1-2H3. The number of unbranched alkanes of at least 4 members (excludes halogenated alkanes) is 1. The first-order valence-corrected chi connectivity index (χ1v) is 7.30. The summed E-state index contributed by atoms with van der Waals surface area (Å²) in [7, 11) is 0. The van der Waals surface area contributed by atoms with Crippen LogP contribution in [0, 0.1) is 0 Å². The van der Waals surface area contributed by atoms with Gasteiger partial charge < -0.3 is 4.57 Å². The molecule has 1 aromatic carbocycles. The molecule has 2 rings (SSSR count). The number of hydrogen-bond donors (Lipinski definition) is 0. The van der Waals surface area contributed by atoms with Gasteiger partial charge in [-0.1, -0.05) is 43.1 Å². The number of halogens is 1. The Morgan fingerprint density at radius 2 is 2.10 bits per heavy atom. The number of aryl methyl sites for hydroxylation is 1. The van der Waals surface area contributed by atoms with E-state index >= 15 is 0 Å². The van der Waals surface area contributed by atoms with Crippen molar-refractivity contribution >= 4 is 17.4 Å². The van der Waals surface area contributed by atoms with Crippen LogP contribution in [0.2, 0.25) is 5.02 Å². The van der Waals surface area contributed by atoms with Gasteiger partial charge in [0.05, 0.1) is 12.7 Å². The lowest BCUT2D eigenvalue weighted by Crippen LogP contribution is -2.11. The zero-order valence-electron chi connectivity index (χ0n) is 11.9. The lowest BCUT2D eigenvalue weighted by Gasteiger charge is -2.12. The third kappa shape index (κ3) is 3.28. The van der Waals surface area contributed by atoms with E-state index in [4.69, 9.17) is 11.6 Å². The maximum atomic E-state index is 11.7. The maximum Gasteiger partial charge on any atom is 0.177 e. The van der Waals surface area contributed by atoms with E-state index in [9.17, 15) is 4.79 Å². The molecule has 1 heterocycles. The molecule has 3 nitrogen and oxygen atoms in total. The number of aromatic nitrogens is 2. The number of nitrogens with zero attached hydrogens (tertiary/aromatic N) is 2. The van der Waals surface area contributed by atoms with Gasteiger partial charge in [-0.2, -0.15) is 0 Å². The zero-order valence-corrected chi connectivity index (χ0v) is 12.7. The van der Waals surface area contributed by atoms with E-state index in [1.807, 2.05) is 28.8 Å². The van der Waals surface area contributed by atoms with Crippen LogP contribution in [-0.4, -0.2) is 15.3 Å². The third-order valence-corrected chi connectivity index (χ3v) is 3.71. The van der Waals surface area contributed by atoms with Gasteiger partial charge in [-0.25, -0.2) is 4.98 Å². The van der Waals surface area contributed by atoms with E-state index in [1.165, 1.54) is 0 Å². The van der Waals surface area contributed by atoms with E-state index in [0.717, 1.165) is 35.7 Å². The fourth-order valence-electron chi connectivity index (χ4n) is 2.20. The summed E-state index contributed by atoms with van der Waals surface area (Å²) < 4.78 is 1.99. The minimum atomic E-state index is 0.0345. The molecule has 0 fully saturated rings. The fraction of sp³-hybridized carbons (Fsp3) is 0.375. The highest BCUT2D eigenvalue weighted by Crippen LogP contribution is 2.19. The topological polar surface area (TPSA) is 34.9 Å². The quantitative estimate of drug-likeness (QED) is 0.750. The molecule has 0 bridgehead atoms. The molecule has 20 heavy (non-hydrogen) atoms. The average Bonchev–Trinajstić information content (AvgIpc) is 2.82. The van der Waals surface area contributed by atoms with E-state index < -0.39 is 0 Å². The Balaban J connectivity index is 2.35. The molecule has 1 aromatic heterocycles. The first kappa shape index (κ1) is 14.8. The van der Waals surface area contributed by atoms with E-state index in [-0.39, 0.29) is 5.78 Å². The summed E-state index contributed by atoms with van der Waals surface area (Å²) in [4.78, 5) is 16.1. The van der Waals surface area contributed by atoms with Gasteiger partial charge in [0.2, 0.25) is 0 Å². The van der Waals surface area contributed by atoms with Gasteiger partial charge in [0.15, 0.2) is 5.78 Å². The molecule has 0 aliphatic carbocycles. The SMILES string of the molecule is CCCCc1ncc(C(C)=O)n1Cc1ccccc1Cl. The largest absolute Gasteiger partial charge is 0.321 e. The summed E-state index contributed by atoms with van der Waals surface area (Å²) in [5, 5.41) is 0.720. The first-order chi connectivity index (χ1) is 9.63. The normalized spacial score (nSPS) is 10.8. The lowest BCUT2D eigenvalue weighted by molar-refractivity contribution is 0.100. The summed E-state index contributed by atoms with van der Waals surface area (Å²) in [5.74, 6) is 0.990. The number of benzene rings is 1. The van der Waals surface area contributed by atoms with Gasteiger partial charge in [-0.15, -0.1) is 0 Å². The minimum Gasteiger partial charge on any atom is -0.321 e. The number of ketones is 1. The second-order valence-corrected chi connectivity index (χ2v) is 5.30. The van der Waals surface area contributed by atoms with Crippen molar-refractivity contribution in [3.8, 4) is 0 Å². The molecule has 0 atom stereocenters. The van der Waals surface area contributed by atoms with Crippen LogP contribution in [0.3, 0.4) is 0 Å². The second kappa shape index (κ2) is 6.71. The van der Waals surface area contributed by atoms with Crippen molar-refractivity contribution in [3.63, 3.8) is 0 Å². The van der Waals surface area contributed by atoms with Crippen molar-refractivity contribution in [3.05, 3.63) is 52.6 Å². The van der Waals surface area contributed by atoms with Gasteiger partial charge in [0, 0.05) is 18.4 Å². The molecule has 0 radical (unpaired) electrons. The summed E-state index contributed by atoms with van der Waals surface area (Å²) in [6.07, 6.45) is 4.73. The van der Waals surface area contributed by atoms with Crippen LogP contribution in [0.5, 0.6) is 0 Å². The molecule has 0 saturated carbocycles. The van der Waals surface area contributed by atoms with Crippen molar-refractivity contribution < 1.29 is 4.79 Å². The molecule has 0 N–H and O–H groups in total. The highest BCUT2D eigenvalue weighted by Gasteiger charge is 2.14. The molecular formula is C16H19ClN2O. The number of hydrogen-bond acceptors (Lipinski definition) is 2. The zero-order chi connectivity index (χ0) is 14.5. The second-order valence-electron chi connectivity index (χ2n) is 4.90. The van der Waals surface area contributed by atoms with Crippen LogP contribution < -0.4 is 0 Å². The highest BCUT2D eigenvalue weighted by molar-refractivity contribution is 6.31. The Kier molecular flexibility index (Phi) is 4.96. The molecule has 2 aromatic rings. The van der Waals surface area contributed by atoms with E-state index in [2.05, 4.69) is 11.9 Å². The summed E-state index contributed by atoms with van der Waals surface area (Å²) in [6.45, 7) is 4.31. The first-order valence-electron chi connectivity index (χ1n) is 6.92. The van der Waals surface area contributed by atoms with Crippen LogP contribution in [0.25, 0.3) is 0 Å². The van der Waals surface area contributed by atoms with Gasteiger partial charge in [0.1, 0.15) is 11.5 Å². The number of carbonyl (C=O) groups excluding carboxylic acids is 1. The Morgan fingerprint density at radius 3 is 2.75 bits per heavy atom. The number of carbonyl (C=O) groups is 1. The van der Waals surface area contributed by atoms with Crippen molar-refractivity contribution in [2.75, 3.05) is 0 Å². The molecule has 0 spiro atoms. The number of Topliss-reactive ketones (excluding diaryl/α,β-unsaturated/α-hetero) is 1. The molecule has 106 valence electrons. The van der Waals surface area contributed by atoms with Crippen molar-refractivity contribution in [2.45, 2.75) is 39.7 Å². The van der Waals surface area contributed by atoms with Crippen molar-refractivity contribution in [1.29, 1.82) is 0 Å². The predicted octanol–water partition coefficient (Wildman–Crippen LogP) is 4.13. The fourth-order valence-corrected chi connectivity index (χ4v) is 2.40. The van der Waals surface area contributed by atoms with E-state index in [1.54, 1.807) is 13.1 Å². The predicted molar refractivity (Wildman–Crippen MR) is 81.4 cm³/mol. The molecule has 0 saturated heterocycles. The smallest absolute Gasteiger partial charge is 0.177 e. The van der Waals surface area contributed by atoms with Crippen LogP contribution in [0.1, 0.15) is 48.6 Å². The summed E-state index contributed by atoms with van der Waals surface area (Å²) in [5.41, 5.74) is 1.66. The van der Waals surface area contributed by atoms with Gasteiger partial charge in [-0.05, 0) is 18.1 Å². The van der Waals surface area contributed by atoms with Crippen LogP contribution >= 0.6 is 11.6 Å². The Morgan fingerprint density at radius 1 is 1.35 bits per heavy atom. The molecule has 0 unspecified atom stereocenters. The number of imidazole rings is 1. The molecule has 0 aliphatic heterocycles.